The Morgan fingerprint density at radius 2 is 1.54 bits per heavy atom. The van der Waals surface area contributed by atoms with E-state index in [1.807, 2.05) is 39.2 Å². The van der Waals surface area contributed by atoms with Gasteiger partial charge >= 0.3 is 18.0 Å². The molecular weight excluding hydrogens is 372 g/mol. The van der Waals surface area contributed by atoms with Crippen LogP contribution in [0.15, 0.2) is 24.3 Å². The molecule has 0 heterocycles. The lowest BCUT2D eigenvalue weighted by molar-refractivity contribution is -0.165. The summed E-state index contributed by atoms with van der Waals surface area (Å²) in [5.74, 6) is -2.95. The number of rotatable bonds is 7. The lowest BCUT2D eigenvalue weighted by Gasteiger charge is -2.21. The largest absolute Gasteiger partial charge is 0.479 e. The Morgan fingerprint density at radius 3 is 1.93 bits per heavy atom. The first-order valence-corrected chi connectivity index (χ1v) is 8.43. The Morgan fingerprint density at radius 1 is 1.04 bits per heavy atom. The van der Waals surface area contributed by atoms with Crippen molar-refractivity contribution in [1.29, 1.82) is 0 Å². The average Bonchev–Trinajstić information content (AvgIpc) is 2.65. The Kier molecular flexibility index (Phi) is 10.8. The van der Waals surface area contributed by atoms with Crippen LogP contribution >= 0.6 is 0 Å². The first kappa shape index (κ1) is 25.3. The first-order chi connectivity index (χ1) is 12.9. The molecule has 0 saturated heterocycles. The van der Waals surface area contributed by atoms with E-state index in [-0.39, 0.29) is 12.1 Å². The highest BCUT2D eigenvalue weighted by Crippen LogP contribution is 2.22. The number of aliphatic hydroxyl groups excluding tert-OH is 2. The summed E-state index contributed by atoms with van der Waals surface area (Å²) < 4.78 is 5.31. The average molecular weight is 400 g/mol. The fourth-order valence-electron chi connectivity index (χ4n) is 1.71. The zero-order valence-electron chi connectivity index (χ0n) is 16.6. The smallest absolute Gasteiger partial charge is 0.414 e. The Balaban J connectivity index is 0.000000621. The van der Waals surface area contributed by atoms with Gasteiger partial charge in [-0.15, -0.1) is 0 Å². The van der Waals surface area contributed by atoms with Gasteiger partial charge in [0.2, 0.25) is 0 Å². The predicted molar refractivity (Wildman–Crippen MR) is 100 cm³/mol. The summed E-state index contributed by atoms with van der Waals surface area (Å²) >= 11 is 0. The molecule has 0 fully saturated rings. The lowest BCUT2D eigenvalue weighted by atomic mass is 10.1. The maximum atomic E-state index is 11.7. The fraction of sp³-hybridized carbons (Fsp3) is 0.500. The second kappa shape index (κ2) is 11.9. The number of ether oxygens (including phenoxy) is 1. The molecule has 10 heteroatoms. The molecule has 0 aromatic heterocycles. The lowest BCUT2D eigenvalue weighted by Crippen LogP contribution is -2.39. The van der Waals surface area contributed by atoms with Crippen molar-refractivity contribution < 1.29 is 39.5 Å². The van der Waals surface area contributed by atoms with Gasteiger partial charge in [0.1, 0.15) is 5.75 Å². The third-order valence-electron chi connectivity index (χ3n) is 3.91. The van der Waals surface area contributed by atoms with E-state index >= 15 is 0 Å². The van der Waals surface area contributed by atoms with E-state index in [4.69, 9.17) is 25.2 Å². The highest BCUT2D eigenvalue weighted by atomic mass is 16.6. The van der Waals surface area contributed by atoms with Gasteiger partial charge in [0.05, 0.1) is 0 Å². The number of carboxylic acids is 2. The first-order valence-electron chi connectivity index (χ1n) is 8.43. The zero-order valence-corrected chi connectivity index (χ0v) is 16.6. The van der Waals surface area contributed by atoms with E-state index in [0.29, 0.717) is 12.3 Å². The van der Waals surface area contributed by atoms with Gasteiger partial charge in [-0.25, -0.2) is 14.4 Å². The topological polar surface area (TPSA) is 148 Å². The van der Waals surface area contributed by atoms with Crippen LogP contribution in [0, 0.1) is 0 Å². The number of nitrogens with zero attached hydrogens (tertiary/aromatic N) is 2. The van der Waals surface area contributed by atoms with Crippen LogP contribution in [0.3, 0.4) is 0 Å². The number of amides is 1. The van der Waals surface area contributed by atoms with Crippen LogP contribution in [0.1, 0.15) is 25.5 Å². The van der Waals surface area contributed by atoms with Gasteiger partial charge < -0.3 is 35.0 Å². The molecule has 0 bridgehead atoms. The normalized spacial score (nSPS) is 13.6. The summed E-state index contributed by atoms with van der Waals surface area (Å²) in [6.45, 7) is 4.65. The minimum absolute atomic E-state index is 0.285. The van der Waals surface area contributed by atoms with Crippen molar-refractivity contribution in [3.05, 3.63) is 29.8 Å². The van der Waals surface area contributed by atoms with Crippen molar-refractivity contribution in [3.63, 3.8) is 0 Å². The molecule has 0 aliphatic carbocycles. The number of aliphatic carboxylic acids is 2. The van der Waals surface area contributed by atoms with Crippen LogP contribution in [-0.2, 0) is 9.59 Å². The monoisotopic (exact) mass is 400 g/mol. The molecule has 158 valence electrons. The molecule has 0 aliphatic rings. The molecule has 0 saturated carbocycles. The number of carboxylic acid groups (broad SMARTS) is 2. The second-order valence-electron chi connectivity index (χ2n) is 6.16. The number of aliphatic hydroxyl groups is 2. The third kappa shape index (κ3) is 8.33. The Labute approximate surface area is 163 Å². The van der Waals surface area contributed by atoms with Crippen LogP contribution in [0.5, 0.6) is 5.75 Å². The summed E-state index contributed by atoms with van der Waals surface area (Å²) in [4.78, 5) is 34.8. The van der Waals surface area contributed by atoms with Gasteiger partial charge in [0.25, 0.3) is 0 Å². The molecule has 1 aromatic rings. The maximum absolute atomic E-state index is 11.7. The van der Waals surface area contributed by atoms with Crippen LogP contribution in [0.25, 0.3) is 0 Å². The van der Waals surface area contributed by atoms with Gasteiger partial charge in [0, 0.05) is 19.6 Å². The van der Waals surface area contributed by atoms with E-state index in [1.165, 1.54) is 4.90 Å². The van der Waals surface area contributed by atoms with Crippen molar-refractivity contribution >= 4 is 18.0 Å². The van der Waals surface area contributed by atoms with Gasteiger partial charge in [-0.2, -0.15) is 0 Å². The highest BCUT2D eigenvalue weighted by Gasteiger charge is 2.29. The van der Waals surface area contributed by atoms with E-state index in [2.05, 4.69) is 11.8 Å². The molecule has 0 radical (unpaired) electrons. The number of benzene rings is 1. The van der Waals surface area contributed by atoms with Crippen molar-refractivity contribution in [2.75, 3.05) is 27.7 Å². The van der Waals surface area contributed by atoms with Gasteiger partial charge in [-0.1, -0.05) is 12.1 Å². The third-order valence-corrected chi connectivity index (χ3v) is 3.91. The molecule has 1 aromatic carbocycles. The molecule has 1 amide bonds. The van der Waals surface area contributed by atoms with Crippen molar-refractivity contribution in [2.24, 2.45) is 0 Å². The molecule has 1 rings (SSSR count). The summed E-state index contributed by atoms with van der Waals surface area (Å²) in [6.07, 6.45) is -4.86. The predicted octanol–water partition coefficient (Wildman–Crippen LogP) is 0.637. The van der Waals surface area contributed by atoms with E-state index in [9.17, 15) is 14.4 Å². The van der Waals surface area contributed by atoms with Crippen molar-refractivity contribution in [3.8, 4) is 5.75 Å². The van der Waals surface area contributed by atoms with E-state index < -0.39 is 24.1 Å². The Hall–Kier alpha value is -2.69. The molecule has 4 N–H and O–H groups in total. The van der Waals surface area contributed by atoms with Gasteiger partial charge in [-0.3, -0.25) is 0 Å². The number of hydrogen-bond donors (Lipinski definition) is 4. The standard InChI is InChI=1S/C14H22N2O2.C4H6O6/c1-6-16(5)14(17)18-13-9-7-8-12(10-13)11(2)15(3)4;5-1(3(7)8)2(6)4(9)10/h7-11H,6H2,1-5H3;1-2,5-6H,(H,7,8)(H,9,10)/t11-;/m1./s1. The maximum Gasteiger partial charge on any atom is 0.414 e. The van der Waals surface area contributed by atoms with Crippen LogP contribution in [0.2, 0.25) is 0 Å². The van der Waals surface area contributed by atoms with Crippen LogP contribution in [-0.4, -0.2) is 88.2 Å². The van der Waals surface area contributed by atoms with Gasteiger partial charge in [0.15, 0.2) is 12.2 Å². The molecule has 0 spiro atoms. The highest BCUT2D eigenvalue weighted by molar-refractivity contribution is 5.83. The van der Waals surface area contributed by atoms with Crippen LogP contribution in [0.4, 0.5) is 4.79 Å². The zero-order chi connectivity index (χ0) is 22.0. The van der Waals surface area contributed by atoms with E-state index in [0.717, 1.165) is 5.56 Å². The summed E-state index contributed by atoms with van der Waals surface area (Å²) in [6, 6.07) is 7.93. The fourth-order valence-corrected chi connectivity index (χ4v) is 1.71. The SMILES string of the molecule is CCN(C)C(=O)Oc1cccc([C@@H](C)N(C)C)c1.O=C(O)C(O)C(O)C(=O)O. The number of carbonyl (C=O) groups excluding carboxylic acids is 1. The molecule has 28 heavy (non-hydrogen) atoms. The van der Waals surface area contributed by atoms with E-state index in [1.54, 1.807) is 13.1 Å². The quantitative estimate of drug-likeness (QED) is 0.517. The summed E-state index contributed by atoms with van der Waals surface area (Å²) in [5, 5.41) is 32.5. The number of carbonyl (C=O) groups is 3. The molecule has 3 atom stereocenters. The van der Waals surface area contributed by atoms with Gasteiger partial charge in [-0.05, 0) is 45.6 Å². The van der Waals surface area contributed by atoms with Crippen LogP contribution < -0.4 is 4.74 Å². The minimum Gasteiger partial charge on any atom is -0.479 e. The van der Waals surface area contributed by atoms with Crippen molar-refractivity contribution in [1.82, 2.24) is 9.80 Å². The minimum atomic E-state index is -2.27. The number of hydrogen-bond acceptors (Lipinski definition) is 7. The molecular formula is C18H28N2O8. The molecule has 2 unspecified atom stereocenters. The summed E-state index contributed by atoms with van der Waals surface area (Å²) in [7, 11) is 5.76. The molecule has 0 aliphatic heterocycles. The van der Waals surface area contributed by atoms with Crippen molar-refractivity contribution in [2.45, 2.75) is 32.1 Å². The Bertz CT molecular complexity index is 647. The second-order valence-corrected chi connectivity index (χ2v) is 6.16. The molecule has 10 nitrogen and oxygen atoms in total. The summed E-state index contributed by atoms with van der Waals surface area (Å²) in [5.41, 5.74) is 1.13.